The number of benzene rings is 2. The monoisotopic (exact) mass is 329 g/mol. The number of halogens is 2. The van der Waals surface area contributed by atoms with Crippen molar-refractivity contribution in [1.29, 1.82) is 0 Å². The molecule has 0 saturated heterocycles. The minimum absolute atomic E-state index is 0.247. The summed E-state index contributed by atoms with van der Waals surface area (Å²) in [6.45, 7) is 1.42. The molecule has 0 saturated carbocycles. The lowest BCUT2D eigenvalue weighted by Crippen LogP contribution is -2.14. The van der Waals surface area contributed by atoms with Crippen LogP contribution in [0.5, 0.6) is 0 Å². The molecule has 2 aromatic rings. The molecular formula is C14H13ClFNO3S. The smallest absolute Gasteiger partial charge is 0.264 e. The number of anilines is 1. The molecule has 0 unspecified atom stereocenters. The molecule has 2 N–H and O–H groups in total. The van der Waals surface area contributed by atoms with E-state index in [1.807, 2.05) is 0 Å². The quantitative estimate of drug-likeness (QED) is 0.906. The number of rotatable bonds is 4. The Bertz CT molecular complexity index is 778. The van der Waals surface area contributed by atoms with Crippen LogP contribution >= 0.6 is 11.6 Å². The van der Waals surface area contributed by atoms with E-state index in [0.717, 1.165) is 17.7 Å². The first-order valence-corrected chi connectivity index (χ1v) is 7.88. The third kappa shape index (κ3) is 3.53. The normalized spacial score (nSPS) is 11.4. The lowest BCUT2D eigenvalue weighted by Gasteiger charge is -2.10. The van der Waals surface area contributed by atoms with Gasteiger partial charge in [-0.2, -0.15) is 0 Å². The first-order valence-electron chi connectivity index (χ1n) is 6.02. The van der Waals surface area contributed by atoms with Crippen LogP contribution in [0.15, 0.2) is 41.3 Å². The van der Waals surface area contributed by atoms with Crippen molar-refractivity contribution >= 4 is 27.3 Å². The molecule has 21 heavy (non-hydrogen) atoms. The van der Waals surface area contributed by atoms with Crippen molar-refractivity contribution < 1.29 is 17.9 Å². The summed E-state index contributed by atoms with van der Waals surface area (Å²) in [5, 5.41) is 9.31. The predicted molar refractivity (Wildman–Crippen MR) is 79.3 cm³/mol. The predicted octanol–water partition coefficient (Wildman–Crippen LogP) is 3.08. The summed E-state index contributed by atoms with van der Waals surface area (Å²) in [4.78, 5) is -0.489. The van der Waals surface area contributed by atoms with E-state index in [-0.39, 0.29) is 12.3 Å². The van der Waals surface area contributed by atoms with Gasteiger partial charge in [0.15, 0.2) is 0 Å². The molecule has 0 aliphatic carbocycles. The maximum Gasteiger partial charge on any atom is 0.264 e. The van der Waals surface area contributed by atoms with E-state index in [1.54, 1.807) is 19.1 Å². The summed E-state index contributed by atoms with van der Waals surface area (Å²) in [5.74, 6) is -0.924. The van der Waals surface area contributed by atoms with Crippen LogP contribution in [-0.4, -0.2) is 13.5 Å². The van der Waals surface area contributed by atoms with E-state index in [2.05, 4.69) is 4.72 Å². The molecule has 4 nitrogen and oxygen atoms in total. The molecule has 0 atom stereocenters. The van der Waals surface area contributed by atoms with Crippen LogP contribution in [0.4, 0.5) is 10.1 Å². The summed E-state index contributed by atoms with van der Waals surface area (Å²) in [6.07, 6.45) is 0. The third-order valence-corrected chi connectivity index (χ3v) is 4.71. The van der Waals surface area contributed by atoms with Gasteiger partial charge in [-0.25, -0.2) is 12.8 Å². The molecule has 0 bridgehead atoms. The first-order chi connectivity index (χ1) is 9.83. The van der Waals surface area contributed by atoms with Crippen LogP contribution in [-0.2, 0) is 16.6 Å². The second-order valence-corrected chi connectivity index (χ2v) is 6.55. The minimum atomic E-state index is -4.06. The number of hydrogen-bond acceptors (Lipinski definition) is 3. The number of nitrogens with one attached hydrogen (secondary N) is 1. The summed E-state index contributed by atoms with van der Waals surface area (Å²) < 4.78 is 40.4. The van der Waals surface area contributed by atoms with Gasteiger partial charge in [-0.05, 0) is 42.3 Å². The van der Waals surface area contributed by atoms with Gasteiger partial charge in [0.05, 0.1) is 12.3 Å². The highest BCUT2D eigenvalue weighted by molar-refractivity contribution is 7.92. The number of aliphatic hydroxyl groups excluding tert-OH is 1. The van der Waals surface area contributed by atoms with Gasteiger partial charge in [0.2, 0.25) is 0 Å². The summed E-state index contributed by atoms with van der Waals surface area (Å²) >= 11 is 5.92. The van der Waals surface area contributed by atoms with E-state index >= 15 is 0 Å². The van der Waals surface area contributed by atoms with Gasteiger partial charge < -0.3 is 5.11 Å². The molecule has 0 heterocycles. The van der Waals surface area contributed by atoms with Crippen LogP contribution in [0.2, 0.25) is 5.02 Å². The van der Waals surface area contributed by atoms with Gasteiger partial charge in [0, 0.05) is 5.02 Å². The molecule has 0 spiro atoms. The topological polar surface area (TPSA) is 66.4 Å². The van der Waals surface area contributed by atoms with Crippen molar-refractivity contribution in [2.45, 2.75) is 18.4 Å². The molecule has 112 valence electrons. The SMILES string of the molecule is Cc1ccc(NS(=O)(=O)c2ccc(CO)cc2F)cc1Cl. The Hall–Kier alpha value is -1.63. The Labute approximate surface area is 127 Å². The lowest BCUT2D eigenvalue weighted by molar-refractivity contribution is 0.281. The van der Waals surface area contributed by atoms with Crippen LogP contribution < -0.4 is 4.72 Å². The average Bonchev–Trinajstić information content (AvgIpc) is 2.42. The van der Waals surface area contributed by atoms with Crippen molar-refractivity contribution in [3.05, 3.63) is 58.4 Å². The molecule has 0 aliphatic rings. The van der Waals surface area contributed by atoms with Crippen LogP contribution in [0.1, 0.15) is 11.1 Å². The standard InChI is InChI=1S/C14H13ClFNO3S/c1-9-2-4-11(7-12(9)15)17-21(19,20)14-5-3-10(8-18)6-13(14)16/h2-7,17-18H,8H2,1H3. The van der Waals surface area contributed by atoms with Crippen molar-refractivity contribution in [1.82, 2.24) is 0 Å². The Morgan fingerprint density at radius 3 is 2.52 bits per heavy atom. The zero-order valence-electron chi connectivity index (χ0n) is 11.1. The van der Waals surface area contributed by atoms with Crippen LogP contribution in [0.3, 0.4) is 0 Å². The highest BCUT2D eigenvalue weighted by Crippen LogP contribution is 2.24. The molecule has 7 heteroatoms. The lowest BCUT2D eigenvalue weighted by atomic mass is 10.2. The van der Waals surface area contributed by atoms with Gasteiger partial charge in [0.25, 0.3) is 10.0 Å². The molecule has 0 amide bonds. The fourth-order valence-electron chi connectivity index (χ4n) is 1.73. The molecule has 2 rings (SSSR count). The number of sulfonamides is 1. The second-order valence-electron chi connectivity index (χ2n) is 4.49. The highest BCUT2D eigenvalue weighted by Gasteiger charge is 2.19. The molecule has 2 aromatic carbocycles. The summed E-state index contributed by atoms with van der Waals surface area (Å²) in [5.41, 5.74) is 1.35. The fraction of sp³-hybridized carbons (Fsp3) is 0.143. The van der Waals surface area contributed by atoms with Crippen LogP contribution in [0.25, 0.3) is 0 Å². The van der Waals surface area contributed by atoms with Gasteiger partial charge >= 0.3 is 0 Å². The Balaban J connectivity index is 2.36. The summed E-state index contributed by atoms with van der Waals surface area (Å²) in [6, 6.07) is 8.09. The first kappa shape index (κ1) is 15.8. The van der Waals surface area contributed by atoms with Gasteiger partial charge in [-0.1, -0.05) is 23.7 Å². The zero-order chi connectivity index (χ0) is 15.6. The molecule has 0 aliphatic heterocycles. The highest BCUT2D eigenvalue weighted by atomic mass is 35.5. The van der Waals surface area contributed by atoms with Crippen molar-refractivity contribution in [2.24, 2.45) is 0 Å². The van der Waals surface area contributed by atoms with Gasteiger partial charge in [-0.15, -0.1) is 0 Å². The minimum Gasteiger partial charge on any atom is -0.392 e. The van der Waals surface area contributed by atoms with E-state index in [4.69, 9.17) is 16.7 Å². The number of aliphatic hydroxyl groups is 1. The maximum atomic E-state index is 13.8. The number of hydrogen-bond donors (Lipinski definition) is 2. The van der Waals surface area contributed by atoms with E-state index in [1.165, 1.54) is 12.1 Å². The maximum absolute atomic E-state index is 13.8. The molecular weight excluding hydrogens is 317 g/mol. The van der Waals surface area contributed by atoms with E-state index in [0.29, 0.717) is 10.6 Å². The van der Waals surface area contributed by atoms with Crippen molar-refractivity contribution in [3.63, 3.8) is 0 Å². The average molecular weight is 330 g/mol. The Kier molecular flexibility index (Phi) is 4.51. The van der Waals surface area contributed by atoms with Gasteiger partial charge in [-0.3, -0.25) is 4.72 Å². The Morgan fingerprint density at radius 2 is 1.95 bits per heavy atom. The second kappa shape index (κ2) is 6.01. The molecule has 0 radical (unpaired) electrons. The van der Waals surface area contributed by atoms with Gasteiger partial charge in [0.1, 0.15) is 10.7 Å². The third-order valence-electron chi connectivity index (χ3n) is 2.89. The molecule has 0 fully saturated rings. The number of aryl methyl sites for hydroxylation is 1. The largest absolute Gasteiger partial charge is 0.392 e. The van der Waals surface area contributed by atoms with E-state index in [9.17, 15) is 12.8 Å². The Morgan fingerprint density at radius 1 is 1.24 bits per heavy atom. The van der Waals surface area contributed by atoms with Crippen LogP contribution in [0, 0.1) is 12.7 Å². The zero-order valence-corrected chi connectivity index (χ0v) is 12.7. The fourth-order valence-corrected chi connectivity index (χ4v) is 3.02. The van der Waals surface area contributed by atoms with Crippen molar-refractivity contribution in [3.8, 4) is 0 Å². The molecule has 0 aromatic heterocycles. The van der Waals surface area contributed by atoms with Crippen molar-refractivity contribution in [2.75, 3.05) is 4.72 Å². The van der Waals surface area contributed by atoms with E-state index < -0.39 is 20.7 Å². The summed E-state index contributed by atoms with van der Waals surface area (Å²) in [7, 11) is -4.06.